The molecule has 0 unspecified atom stereocenters. The van der Waals surface area contributed by atoms with Crippen LogP contribution >= 0.6 is 0 Å². The first-order chi connectivity index (χ1) is 12.6. The molecule has 5 heteroatoms. The monoisotopic (exact) mass is 346 g/mol. The fourth-order valence-corrected chi connectivity index (χ4v) is 3.57. The van der Waals surface area contributed by atoms with Crippen molar-refractivity contribution in [2.75, 3.05) is 0 Å². The van der Waals surface area contributed by atoms with Crippen molar-refractivity contribution < 1.29 is 4.79 Å². The topological polar surface area (TPSA) is 51.9 Å². The normalized spacial score (nSPS) is 12.5. The van der Waals surface area contributed by atoms with E-state index >= 15 is 0 Å². The van der Waals surface area contributed by atoms with Gasteiger partial charge in [0.25, 0.3) is 0 Å². The average Bonchev–Trinajstić information content (AvgIpc) is 3.22. The number of rotatable bonds is 5. The number of nitrogens with zero attached hydrogens (tertiary/aromatic N) is 3. The van der Waals surface area contributed by atoms with Gasteiger partial charge in [-0.1, -0.05) is 24.3 Å². The first-order valence-electron chi connectivity index (χ1n) is 8.84. The summed E-state index contributed by atoms with van der Waals surface area (Å²) in [6, 6.07) is 16.6. The van der Waals surface area contributed by atoms with Crippen LogP contribution < -0.4 is 5.32 Å². The minimum absolute atomic E-state index is 0.0312. The number of nitrogens with one attached hydrogen (secondary N) is 1. The summed E-state index contributed by atoms with van der Waals surface area (Å²) < 4.78 is 4.02. The maximum Gasteiger partial charge on any atom is 0.224 e. The van der Waals surface area contributed by atoms with Gasteiger partial charge in [0.1, 0.15) is 0 Å². The van der Waals surface area contributed by atoms with Crippen molar-refractivity contribution in [1.29, 1.82) is 0 Å². The largest absolute Gasteiger partial charge is 0.351 e. The maximum atomic E-state index is 12.4. The summed E-state index contributed by atoms with van der Waals surface area (Å²) in [6.45, 7) is 2.66. The van der Waals surface area contributed by atoms with E-state index in [2.05, 4.69) is 58.4 Å². The predicted octanol–water partition coefficient (Wildman–Crippen LogP) is 3.28. The number of amides is 1. The predicted molar refractivity (Wildman–Crippen MR) is 104 cm³/mol. The molecule has 0 aliphatic heterocycles. The average molecular weight is 346 g/mol. The van der Waals surface area contributed by atoms with E-state index in [1.54, 1.807) is 6.20 Å². The zero-order valence-electron chi connectivity index (χ0n) is 15.0. The van der Waals surface area contributed by atoms with Crippen LogP contribution in [0, 0.1) is 0 Å². The Kier molecular flexibility index (Phi) is 4.21. The van der Waals surface area contributed by atoms with Crippen molar-refractivity contribution in [3.8, 4) is 0 Å². The van der Waals surface area contributed by atoms with Crippen LogP contribution in [0.3, 0.4) is 0 Å². The van der Waals surface area contributed by atoms with E-state index in [0.29, 0.717) is 13.0 Å². The fraction of sp³-hybridized carbons (Fsp3) is 0.238. The Labute approximate surface area is 152 Å². The number of fused-ring (bicyclic) bond motifs is 3. The lowest BCUT2D eigenvalue weighted by molar-refractivity contribution is -0.121. The summed E-state index contributed by atoms with van der Waals surface area (Å²) >= 11 is 0. The van der Waals surface area contributed by atoms with E-state index in [4.69, 9.17) is 0 Å². The molecular weight excluding hydrogens is 324 g/mol. The summed E-state index contributed by atoms with van der Waals surface area (Å²) in [5.41, 5.74) is 3.41. The van der Waals surface area contributed by atoms with Gasteiger partial charge in [0.15, 0.2) is 0 Å². The van der Waals surface area contributed by atoms with Crippen LogP contribution in [-0.4, -0.2) is 26.3 Å². The van der Waals surface area contributed by atoms with Crippen LogP contribution in [0.15, 0.2) is 60.9 Å². The van der Waals surface area contributed by atoms with Gasteiger partial charge in [-0.25, -0.2) is 0 Å². The number of aryl methyl sites for hydroxylation is 1. The van der Waals surface area contributed by atoms with E-state index in [-0.39, 0.29) is 11.9 Å². The maximum absolute atomic E-state index is 12.4. The summed E-state index contributed by atoms with van der Waals surface area (Å²) in [5, 5.41) is 9.64. The van der Waals surface area contributed by atoms with Crippen molar-refractivity contribution in [3.05, 3.63) is 66.5 Å². The molecule has 1 N–H and O–H groups in total. The van der Waals surface area contributed by atoms with Gasteiger partial charge in [0.05, 0.1) is 13.0 Å². The molecule has 0 saturated carbocycles. The molecule has 0 radical (unpaired) electrons. The van der Waals surface area contributed by atoms with Crippen LogP contribution in [0.1, 0.15) is 12.5 Å². The van der Waals surface area contributed by atoms with E-state index in [9.17, 15) is 4.79 Å². The second-order valence-corrected chi connectivity index (χ2v) is 6.80. The third-order valence-electron chi connectivity index (χ3n) is 4.77. The van der Waals surface area contributed by atoms with Gasteiger partial charge in [-0.3, -0.25) is 9.48 Å². The Bertz CT molecular complexity index is 1060. The molecule has 132 valence electrons. The molecule has 2 heterocycles. The molecule has 0 aliphatic carbocycles. The van der Waals surface area contributed by atoms with Crippen LogP contribution in [0.5, 0.6) is 0 Å². The molecule has 4 aromatic rings. The Hall–Kier alpha value is -3.08. The van der Waals surface area contributed by atoms with E-state index in [1.807, 2.05) is 29.9 Å². The molecule has 1 atom stereocenters. The van der Waals surface area contributed by atoms with Crippen molar-refractivity contribution in [2.45, 2.75) is 25.9 Å². The molecule has 2 aromatic carbocycles. The number of carbonyl (C=O) groups excluding carboxylic acids is 1. The lowest BCUT2D eigenvalue weighted by atomic mass is 10.1. The molecule has 1 amide bonds. The van der Waals surface area contributed by atoms with Crippen molar-refractivity contribution in [3.63, 3.8) is 0 Å². The Morgan fingerprint density at radius 3 is 2.73 bits per heavy atom. The lowest BCUT2D eigenvalue weighted by Gasteiger charge is -2.14. The van der Waals surface area contributed by atoms with Gasteiger partial charge >= 0.3 is 0 Å². The molecular formula is C21H22N4O. The number of carbonyl (C=O) groups is 1. The third-order valence-corrected chi connectivity index (χ3v) is 4.77. The highest BCUT2D eigenvalue weighted by atomic mass is 16.1. The highest BCUT2D eigenvalue weighted by Gasteiger charge is 2.12. The summed E-state index contributed by atoms with van der Waals surface area (Å²) in [5.74, 6) is 0.0317. The molecule has 0 bridgehead atoms. The van der Waals surface area contributed by atoms with E-state index in [1.165, 1.54) is 21.8 Å². The quantitative estimate of drug-likeness (QED) is 0.603. The number of hydrogen-bond donors (Lipinski definition) is 1. The Morgan fingerprint density at radius 1 is 1.12 bits per heavy atom. The van der Waals surface area contributed by atoms with Crippen molar-refractivity contribution >= 4 is 27.7 Å². The van der Waals surface area contributed by atoms with Gasteiger partial charge in [0.2, 0.25) is 5.91 Å². The molecule has 4 rings (SSSR count). The summed E-state index contributed by atoms with van der Waals surface area (Å²) in [7, 11) is 2.08. The summed E-state index contributed by atoms with van der Waals surface area (Å²) in [4.78, 5) is 12.4. The fourth-order valence-electron chi connectivity index (χ4n) is 3.57. The first-order valence-corrected chi connectivity index (χ1v) is 8.84. The molecule has 0 fully saturated rings. The van der Waals surface area contributed by atoms with Crippen LogP contribution in [0.2, 0.25) is 0 Å². The van der Waals surface area contributed by atoms with Crippen molar-refractivity contribution in [2.24, 2.45) is 7.05 Å². The number of hydrogen-bond acceptors (Lipinski definition) is 2. The van der Waals surface area contributed by atoms with Crippen molar-refractivity contribution in [1.82, 2.24) is 19.7 Å². The molecule has 0 saturated heterocycles. The Balaban J connectivity index is 1.51. The van der Waals surface area contributed by atoms with Crippen LogP contribution in [0.25, 0.3) is 21.8 Å². The summed E-state index contributed by atoms with van der Waals surface area (Å²) in [6.07, 6.45) is 4.02. The molecule has 26 heavy (non-hydrogen) atoms. The molecule has 2 aromatic heterocycles. The zero-order valence-corrected chi connectivity index (χ0v) is 15.0. The molecule has 5 nitrogen and oxygen atoms in total. The zero-order chi connectivity index (χ0) is 18.1. The molecule has 0 aliphatic rings. The Morgan fingerprint density at radius 2 is 1.92 bits per heavy atom. The minimum Gasteiger partial charge on any atom is -0.351 e. The highest BCUT2D eigenvalue weighted by Crippen LogP contribution is 2.28. The standard InChI is InChI=1S/C21H22N4O/c1-15(14-25-11-5-10-22-25)23-21(26)13-16-8-9-20-18(12-16)17-6-3-4-7-19(17)24(20)2/h3-12,15H,13-14H2,1-2H3,(H,23,26)/t15-/m0/s1. The first kappa shape index (κ1) is 16.4. The SMILES string of the molecule is C[C@@H](Cn1cccn1)NC(=O)Cc1ccc2c(c1)c1ccccc1n2C. The molecule has 0 spiro atoms. The van der Waals surface area contributed by atoms with Crippen LogP contribution in [-0.2, 0) is 24.8 Å². The minimum atomic E-state index is 0.0312. The van der Waals surface area contributed by atoms with E-state index in [0.717, 1.165) is 5.56 Å². The van der Waals surface area contributed by atoms with E-state index < -0.39 is 0 Å². The second-order valence-electron chi connectivity index (χ2n) is 6.80. The smallest absolute Gasteiger partial charge is 0.224 e. The third kappa shape index (κ3) is 3.08. The van der Waals surface area contributed by atoms with Gasteiger partial charge in [-0.05, 0) is 36.8 Å². The van der Waals surface area contributed by atoms with Gasteiger partial charge in [0, 0.05) is 47.3 Å². The van der Waals surface area contributed by atoms with Gasteiger partial charge in [-0.15, -0.1) is 0 Å². The van der Waals surface area contributed by atoms with Gasteiger partial charge in [-0.2, -0.15) is 5.10 Å². The number of para-hydroxylation sites is 1. The van der Waals surface area contributed by atoms with Crippen LogP contribution in [0.4, 0.5) is 0 Å². The number of aromatic nitrogens is 3. The van der Waals surface area contributed by atoms with Gasteiger partial charge < -0.3 is 9.88 Å². The highest BCUT2D eigenvalue weighted by molar-refractivity contribution is 6.08. The second kappa shape index (κ2) is 6.67. The lowest BCUT2D eigenvalue weighted by Crippen LogP contribution is -2.36. The number of benzene rings is 2.